The molecule has 0 unspecified atom stereocenters. The van der Waals surface area contributed by atoms with Crippen LogP contribution in [0.25, 0.3) is 10.9 Å². The molecule has 1 heterocycles. The van der Waals surface area contributed by atoms with Crippen LogP contribution in [-0.4, -0.2) is 12.1 Å². The van der Waals surface area contributed by atoms with Gasteiger partial charge in [-0.2, -0.15) is 5.26 Å². The summed E-state index contributed by atoms with van der Waals surface area (Å²) in [5.41, 5.74) is 2.98. The van der Waals surface area contributed by atoms with Crippen molar-refractivity contribution in [3.63, 3.8) is 0 Å². The lowest BCUT2D eigenvalue weighted by Crippen LogP contribution is -1.97. The van der Waals surface area contributed by atoms with Gasteiger partial charge in [0, 0.05) is 23.3 Å². The molecular weight excluding hydrogens is 262 g/mol. The third kappa shape index (κ3) is 2.49. The number of para-hydroxylation sites is 1. The second-order valence-electron chi connectivity index (χ2n) is 4.53. The largest absolute Gasteiger partial charge is 0.497 e. The molecule has 0 spiro atoms. The van der Waals surface area contributed by atoms with Crippen LogP contribution in [0.5, 0.6) is 5.75 Å². The van der Waals surface area contributed by atoms with E-state index in [2.05, 4.69) is 16.4 Å². The van der Waals surface area contributed by atoms with E-state index in [0.717, 1.165) is 28.0 Å². The van der Waals surface area contributed by atoms with Gasteiger partial charge in [0.1, 0.15) is 11.8 Å². The monoisotopic (exact) mass is 275 g/mol. The Balaban J connectivity index is 2.12. The van der Waals surface area contributed by atoms with Crippen molar-refractivity contribution in [2.45, 2.75) is 0 Å². The zero-order chi connectivity index (χ0) is 14.7. The van der Waals surface area contributed by atoms with E-state index in [1.807, 2.05) is 48.5 Å². The Morgan fingerprint density at radius 3 is 2.81 bits per heavy atom. The van der Waals surface area contributed by atoms with Gasteiger partial charge < -0.3 is 10.1 Å². The number of fused-ring (bicyclic) bond motifs is 1. The zero-order valence-electron chi connectivity index (χ0n) is 11.5. The van der Waals surface area contributed by atoms with E-state index >= 15 is 0 Å². The molecular formula is C17H13N3O. The number of nitrogens with zero attached hydrogens (tertiary/aromatic N) is 2. The second kappa shape index (κ2) is 5.51. The first-order chi connectivity index (χ1) is 10.3. The van der Waals surface area contributed by atoms with Gasteiger partial charge in [0.25, 0.3) is 0 Å². The average Bonchev–Trinajstić information content (AvgIpc) is 2.55. The molecule has 1 aromatic heterocycles. The van der Waals surface area contributed by atoms with E-state index in [4.69, 9.17) is 4.74 Å². The van der Waals surface area contributed by atoms with Gasteiger partial charge in [-0.1, -0.05) is 24.3 Å². The molecule has 0 atom stereocenters. The molecule has 0 aliphatic carbocycles. The fourth-order valence-electron chi connectivity index (χ4n) is 2.21. The fourth-order valence-corrected chi connectivity index (χ4v) is 2.21. The third-order valence-corrected chi connectivity index (χ3v) is 3.23. The Hall–Kier alpha value is -3.06. The van der Waals surface area contributed by atoms with Crippen LogP contribution in [-0.2, 0) is 0 Å². The Morgan fingerprint density at radius 2 is 2.00 bits per heavy atom. The summed E-state index contributed by atoms with van der Waals surface area (Å²) >= 11 is 0. The number of pyridine rings is 1. The van der Waals surface area contributed by atoms with Crippen molar-refractivity contribution in [2.24, 2.45) is 0 Å². The number of rotatable bonds is 3. The Bertz CT molecular complexity index is 837. The quantitative estimate of drug-likeness (QED) is 0.788. The van der Waals surface area contributed by atoms with E-state index < -0.39 is 0 Å². The van der Waals surface area contributed by atoms with Gasteiger partial charge in [-0.3, -0.25) is 4.98 Å². The van der Waals surface area contributed by atoms with Crippen molar-refractivity contribution in [3.8, 4) is 11.8 Å². The fraction of sp³-hybridized carbons (Fsp3) is 0.0588. The van der Waals surface area contributed by atoms with Crippen LogP contribution in [0, 0.1) is 11.3 Å². The molecule has 0 amide bonds. The minimum Gasteiger partial charge on any atom is -0.497 e. The minimum absolute atomic E-state index is 0.511. The predicted octanol–water partition coefficient (Wildman–Crippen LogP) is 3.86. The van der Waals surface area contributed by atoms with E-state index in [0.29, 0.717) is 5.56 Å². The summed E-state index contributed by atoms with van der Waals surface area (Å²) in [6.07, 6.45) is 1.59. The molecule has 0 fully saturated rings. The number of methoxy groups -OCH3 is 1. The molecule has 1 N–H and O–H groups in total. The third-order valence-electron chi connectivity index (χ3n) is 3.23. The number of ether oxygens (including phenoxy) is 1. The first-order valence-corrected chi connectivity index (χ1v) is 6.51. The van der Waals surface area contributed by atoms with Crippen molar-refractivity contribution >= 4 is 22.3 Å². The number of benzene rings is 2. The molecule has 0 saturated carbocycles. The lowest BCUT2D eigenvalue weighted by atomic mass is 10.1. The van der Waals surface area contributed by atoms with Crippen molar-refractivity contribution in [3.05, 3.63) is 60.3 Å². The Morgan fingerprint density at radius 1 is 1.14 bits per heavy atom. The maximum Gasteiger partial charge on any atom is 0.120 e. The Kier molecular flexibility index (Phi) is 3.40. The van der Waals surface area contributed by atoms with Gasteiger partial charge in [-0.15, -0.1) is 0 Å². The molecule has 0 aliphatic heterocycles. The molecule has 4 heteroatoms. The SMILES string of the molecule is COc1cccc(Nc2c(C#N)cnc3ccccc23)c1. The zero-order valence-corrected chi connectivity index (χ0v) is 11.5. The number of hydrogen-bond donors (Lipinski definition) is 1. The van der Waals surface area contributed by atoms with E-state index in [9.17, 15) is 5.26 Å². The van der Waals surface area contributed by atoms with Crippen LogP contribution < -0.4 is 10.1 Å². The number of aromatic nitrogens is 1. The highest BCUT2D eigenvalue weighted by Crippen LogP contribution is 2.29. The molecule has 0 radical (unpaired) electrons. The van der Waals surface area contributed by atoms with Crippen LogP contribution in [0.3, 0.4) is 0 Å². The molecule has 3 aromatic rings. The summed E-state index contributed by atoms with van der Waals surface area (Å²) in [5.74, 6) is 0.761. The number of nitrogens with one attached hydrogen (secondary N) is 1. The molecule has 4 nitrogen and oxygen atoms in total. The van der Waals surface area contributed by atoms with Crippen LogP contribution in [0.15, 0.2) is 54.7 Å². The van der Waals surface area contributed by atoms with Crippen LogP contribution in [0.4, 0.5) is 11.4 Å². The van der Waals surface area contributed by atoms with Crippen LogP contribution >= 0.6 is 0 Å². The van der Waals surface area contributed by atoms with Crippen molar-refractivity contribution in [1.29, 1.82) is 5.26 Å². The molecule has 102 valence electrons. The minimum atomic E-state index is 0.511. The lowest BCUT2D eigenvalue weighted by molar-refractivity contribution is 0.415. The van der Waals surface area contributed by atoms with Gasteiger partial charge >= 0.3 is 0 Å². The number of hydrogen-bond acceptors (Lipinski definition) is 4. The number of anilines is 2. The molecule has 0 aliphatic rings. The van der Waals surface area contributed by atoms with Gasteiger partial charge in [0.15, 0.2) is 0 Å². The highest BCUT2D eigenvalue weighted by atomic mass is 16.5. The predicted molar refractivity (Wildman–Crippen MR) is 82.7 cm³/mol. The molecule has 2 aromatic carbocycles. The average molecular weight is 275 g/mol. The lowest BCUT2D eigenvalue weighted by Gasteiger charge is -2.12. The van der Waals surface area contributed by atoms with Crippen molar-refractivity contribution in [2.75, 3.05) is 12.4 Å². The molecule has 3 rings (SSSR count). The van der Waals surface area contributed by atoms with Gasteiger partial charge in [0.05, 0.1) is 23.9 Å². The smallest absolute Gasteiger partial charge is 0.120 e. The normalized spacial score (nSPS) is 10.1. The Labute approximate surface area is 122 Å². The first kappa shape index (κ1) is 12.9. The van der Waals surface area contributed by atoms with E-state index in [-0.39, 0.29) is 0 Å². The van der Waals surface area contributed by atoms with Gasteiger partial charge in [0.2, 0.25) is 0 Å². The summed E-state index contributed by atoms with van der Waals surface area (Å²) in [6.45, 7) is 0. The highest BCUT2D eigenvalue weighted by Gasteiger charge is 2.09. The van der Waals surface area contributed by atoms with Crippen molar-refractivity contribution < 1.29 is 4.74 Å². The van der Waals surface area contributed by atoms with E-state index in [1.54, 1.807) is 13.3 Å². The standard InChI is InChI=1S/C17H13N3O/c1-21-14-6-4-5-13(9-14)20-17-12(10-18)11-19-16-8-3-2-7-15(16)17/h2-9,11H,1H3,(H,19,20). The molecule has 21 heavy (non-hydrogen) atoms. The number of nitriles is 1. The maximum absolute atomic E-state index is 9.30. The van der Waals surface area contributed by atoms with Gasteiger partial charge in [-0.25, -0.2) is 0 Å². The second-order valence-corrected chi connectivity index (χ2v) is 4.53. The highest BCUT2D eigenvalue weighted by molar-refractivity contribution is 5.95. The van der Waals surface area contributed by atoms with Gasteiger partial charge in [-0.05, 0) is 18.2 Å². The molecule has 0 saturated heterocycles. The topological polar surface area (TPSA) is 57.9 Å². The van der Waals surface area contributed by atoms with Crippen molar-refractivity contribution in [1.82, 2.24) is 4.98 Å². The summed E-state index contributed by atoms with van der Waals surface area (Å²) < 4.78 is 5.22. The van der Waals surface area contributed by atoms with Crippen LogP contribution in [0.1, 0.15) is 5.56 Å². The summed E-state index contributed by atoms with van der Waals surface area (Å²) in [6, 6.07) is 17.5. The first-order valence-electron chi connectivity index (χ1n) is 6.51. The summed E-state index contributed by atoms with van der Waals surface area (Å²) in [4.78, 5) is 4.30. The van der Waals surface area contributed by atoms with E-state index in [1.165, 1.54) is 0 Å². The molecule has 0 bridgehead atoms. The summed E-state index contributed by atoms with van der Waals surface area (Å²) in [5, 5.41) is 13.5. The van der Waals surface area contributed by atoms with Crippen LogP contribution in [0.2, 0.25) is 0 Å². The summed E-state index contributed by atoms with van der Waals surface area (Å²) in [7, 11) is 1.63. The maximum atomic E-state index is 9.30.